The van der Waals surface area contributed by atoms with E-state index in [9.17, 15) is 5.11 Å². The zero-order chi connectivity index (χ0) is 11.3. The van der Waals surface area contributed by atoms with Gasteiger partial charge in [0.05, 0.1) is 6.61 Å². The average molecular weight is 207 g/mol. The van der Waals surface area contributed by atoms with Crippen molar-refractivity contribution < 1.29 is 5.11 Å². The highest BCUT2D eigenvalue weighted by Crippen LogP contribution is 2.07. The Morgan fingerprint density at radius 2 is 1.80 bits per heavy atom. The number of aliphatic hydroxyl groups is 1. The van der Waals surface area contributed by atoms with Crippen LogP contribution in [0.2, 0.25) is 0 Å². The molecule has 0 aromatic heterocycles. The van der Waals surface area contributed by atoms with Crippen molar-refractivity contribution in [2.75, 3.05) is 6.61 Å². The molecule has 0 aliphatic heterocycles. The number of aliphatic hydroxyl groups excluding tert-OH is 1. The van der Waals surface area contributed by atoms with Crippen molar-refractivity contribution in [3.8, 4) is 0 Å². The minimum absolute atomic E-state index is 0.0438. The van der Waals surface area contributed by atoms with Crippen LogP contribution in [0, 0.1) is 0 Å². The number of hydrogen-bond donors (Lipinski definition) is 2. The monoisotopic (exact) mass is 207 g/mol. The molecule has 0 saturated heterocycles. The standard InChI is InChI=1S/C13H21NO/c1-13(2,3)14-12(10-15)9-11-7-5-4-6-8-11/h4-8,12,14-15H,9-10H2,1-3H3/t12-/m1/s1. The third kappa shape index (κ3) is 4.96. The molecule has 0 unspecified atom stereocenters. The normalized spacial score (nSPS) is 13.9. The Kier molecular flexibility index (Phi) is 4.30. The summed E-state index contributed by atoms with van der Waals surface area (Å²) in [6.07, 6.45) is 0.870. The van der Waals surface area contributed by atoms with Crippen LogP contribution in [0.3, 0.4) is 0 Å². The van der Waals surface area contributed by atoms with Crippen LogP contribution >= 0.6 is 0 Å². The minimum Gasteiger partial charge on any atom is -0.395 e. The van der Waals surface area contributed by atoms with Crippen molar-refractivity contribution in [2.24, 2.45) is 0 Å². The smallest absolute Gasteiger partial charge is 0.0588 e. The second kappa shape index (κ2) is 5.29. The molecule has 84 valence electrons. The lowest BCUT2D eigenvalue weighted by molar-refractivity contribution is 0.215. The first-order valence-electron chi connectivity index (χ1n) is 5.44. The van der Waals surface area contributed by atoms with Gasteiger partial charge in [0, 0.05) is 11.6 Å². The molecule has 1 rings (SSSR count). The second-order valence-corrected chi connectivity index (χ2v) is 4.96. The Hall–Kier alpha value is -0.860. The van der Waals surface area contributed by atoms with Crippen LogP contribution in [0.15, 0.2) is 30.3 Å². The molecular formula is C13H21NO. The van der Waals surface area contributed by atoms with Crippen LogP contribution in [0.5, 0.6) is 0 Å². The van der Waals surface area contributed by atoms with Gasteiger partial charge in [0.1, 0.15) is 0 Å². The zero-order valence-electron chi connectivity index (χ0n) is 9.83. The van der Waals surface area contributed by atoms with Crippen LogP contribution in [0.25, 0.3) is 0 Å². The van der Waals surface area contributed by atoms with Crippen LogP contribution in [-0.4, -0.2) is 23.3 Å². The largest absolute Gasteiger partial charge is 0.395 e. The van der Waals surface area contributed by atoms with E-state index in [1.165, 1.54) is 5.56 Å². The van der Waals surface area contributed by atoms with Gasteiger partial charge in [-0.25, -0.2) is 0 Å². The minimum atomic E-state index is 0.0438. The van der Waals surface area contributed by atoms with Crippen molar-refractivity contribution in [2.45, 2.75) is 38.8 Å². The fraction of sp³-hybridized carbons (Fsp3) is 0.538. The van der Waals surface area contributed by atoms with E-state index in [4.69, 9.17) is 0 Å². The highest BCUT2D eigenvalue weighted by atomic mass is 16.3. The Morgan fingerprint density at radius 3 is 2.27 bits per heavy atom. The van der Waals surface area contributed by atoms with Crippen LogP contribution in [0.1, 0.15) is 26.3 Å². The van der Waals surface area contributed by atoms with Crippen molar-refractivity contribution >= 4 is 0 Å². The fourth-order valence-corrected chi connectivity index (χ4v) is 1.67. The molecule has 2 heteroatoms. The Morgan fingerprint density at radius 1 is 1.20 bits per heavy atom. The third-order valence-corrected chi connectivity index (χ3v) is 2.18. The van der Waals surface area contributed by atoms with E-state index in [1.807, 2.05) is 18.2 Å². The first kappa shape index (κ1) is 12.2. The summed E-state index contributed by atoms with van der Waals surface area (Å²) in [5.41, 5.74) is 1.30. The van der Waals surface area contributed by atoms with Crippen LogP contribution < -0.4 is 5.32 Å². The van der Waals surface area contributed by atoms with Crippen LogP contribution in [-0.2, 0) is 6.42 Å². The molecule has 1 aromatic rings. The quantitative estimate of drug-likeness (QED) is 0.791. The van der Waals surface area contributed by atoms with Gasteiger partial charge in [0.25, 0.3) is 0 Å². The van der Waals surface area contributed by atoms with E-state index < -0.39 is 0 Å². The maximum atomic E-state index is 9.29. The van der Waals surface area contributed by atoms with E-state index in [0.717, 1.165) is 6.42 Å². The van der Waals surface area contributed by atoms with Gasteiger partial charge >= 0.3 is 0 Å². The van der Waals surface area contributed by atoms with E-state index >= 15 is 0 Å². The van der Waals surface area contributed by atoms with Crippen molar-refractivity contribution in [3.05, 3.63) is 35.9 Å². The molecule has 0 aliphatic rings. The lowest BCUT2D eigenvalue weighted by atomic mass is 10.0. The predicted octanol–water partition coefficient (Wildman–Crippen LogP) is 1.98. The van der Waals surface area contributed by atoms with Crippen molar-refractivity contribution in [1.29, 1.82) is 0 Å². The molecule has 0 bridgehead atoms. The summed E-state index contributed by atoms with van der Waals surface area (Å²) in [7, 11) is 0. The summed E-state index contributed by atoms with van der Waals surface area (Å²) in [6.45, 7) is 6.51. The number of rotatable bonds is 4. The molecule has 0 radical (unpaired) electrons. The first-order chi connectivity index (χ1) is 7.01. The van der Waals surface area contributed by atoms with E-state index in [2.05, 4.69) is 38.2 Å². The highest BCUT2D eigenvalue weighted by molar-refractivity contribution is 5.16. The molecule has 0 heterocycles. The maximum absolute atomic E-state index is 9.29. The lowest BCUT2D eigenvalue weighted by Crippen LogP contribution is -2.46. The zero-order valence-corrected chi connectivity index (χ0v) is 9.83. The summed E-state index contributed by atoms with van der Waals surface area (Å²) in [5.74, 6) is 0. The summed E-state index contributed by atoms with van der Waals surface area (Å²) >= 11 is 0. The Balaban J connectivity index is 2.55. The Labute approximate surface area is 92.3 Å². The number of nitrogens with one attached hydrogen (secondary N) is 1. The van der Waals surface area contributed by atoms with Crippen LogP contribution in [0.4, 0.5) is 0 Å². The maximum Gasteiger partial charge on any atom is 0.0588 e. The summed E-state index contributed by atoms with van der Waals surface area (Å²) in [5, 5.41) is 12.7. The third-order valence-electron chi connectivity index (χ3n) is 2.18. The van der Waals surface area contributed by atoms with Gasteiger partial charge in [-0.05, 0) is 32.8 Å². The molecule has 0 aliphatic carbocycles. The molecule has 1 aromatic carbocycles. The summed E-state index contributed by atoms with van der Waals surface area (Å²) < 4.78 is 0. The highest BCUT2D eigenvalue weighted by Gasteiger charge is 2.16. The van der Waals surface area contributed by atoms with Gasteiger partial charge in [-0.1, -0.05) is 30.3 Å². The van der Waals surface area contributed by atoms with Gasteiger partial charge in [-0.2, -0.15) is 0 Å². The van der Waals surface area contributed by atoms with Gasteiger partial charge in [0.15, 0.2) is 0 Å². The molecule has 15 heavy (non-hydrogen) atoms. The first-order valence-corrected chi connectivity index (χ1v) is 5.44. The van der Waals surface area contributed by atoms with E-state index in [1.54, 1.807) is 0 Å². The molecule has 0 saturated carbocycles. The molecular weight excluding hydrogens is 186 g/mol. The number of benzene rings is 1. The molecule has 2 nitrogen and oxygen atoms in total. The topological polar surface area (TPSA) is 32.3 Å². The average Bonchev–Trinajstić information content (AvgIpc) is 2.16. The SMILES string of the molecule is CC(C)(C)N[C@@H](CO)Cc1ccccc1. The predicted molar refractivity (Wildman–Crippen MR) is 63.9 cm³/mol. The lowest BCUT2D eigenvalue weighted by Gasteiger charge is -2.27. The van der Waals surface area contributed by atoms with Gasteiger partial charge in [-0.15, -0.1) is 0 Å². The van der Waals surface area contributed by atoms with Gasteiger partial charge in [0.2, 0.25) is 0 Å². The molecule has 0 fully saturated rings. The molecule has 0 amide bonds. The Bertz CT molecular complexity index is 276. The van der Waals surface area contributed by atoms with E-state index in [0.29, 0.717) is 0 Å². The van der Waals surface area contributed by atoms with Crippen molar-refractivity contribution in [3.63, 3.8) is 0 Å². The van der Waals surface area contributed by atoms with Crippen molar-refractivity contribution in [1.82, 2.24) is 5.32 Å². The van der Waals surface area contributed by atoms with Gasteiger partial charge < -0.3 is 10.4 Å². The summed E-state index contributed by atoms with van der Waals surface area (Å²) in [6, 6.07) is 10.4. The molecule has 2 N–H and O–H groups in total. The van der Waals surface area contributed by atoms with E-state index in [-0.39, 0.29) is 18.2 Å². The molecule has 0 spiro atoms. The summed E-state index contributed by atoms with van der Waals surface area (Å²) in [4.78, 5) is 0. The molecule has 1 atom stereocenters. The number of hydrogen-bond acceptors (Lipinski definition) is 2. The van der Waals surface area contributed by atoms with Gasteiger partial charge in [-0.3, -0.25) is 0 Å². The second-order valence-electron chi connectivity index (χ2n) is 4.96. The fourth-order valence-electron chi connectivity index (χ4n) is 1.67.